The van der Waals surface area contributed by atoms with Gasteiger partial charge in [0.2, 0.25) is 0 Å². The summed E-state index contributed by atoms with van der Waals surface area (Å²) < 4.78 is 41.6. The largest absolute Gasteiger partial charge is 0.416 e. The molecular weight excluding hydrogens is 643 g/mol. The summed E-state index contributed by atoms with van der Waals surface area (Å²) in [4.78, 5) is 18.2. The summed E-state index contributed by atoms with van der Waals surface area (Å²) >= 11 is 0. The third-order valence-electron chi connectivity index (χ3n) is 9.20. The van der Waals surface area contributed by atoms with Gasteiger partial charge in [-0.05, 0) is 70.1 Å². The molecule has 1 heterocycles. The van der Waals surface area contributed by atoms with E-state index in [0.29, 0.717) is 28.8 Å². The van der Waals surface area contributed by atoms with E-state index in [4.69, 9.17) is 4.98 Å². The van der Waals surface area contributed by atoms with Crippen LogP contribution in [0.25, 0.3) is 11.1 Å². The summed E-state index contributed by atoms with van der Waals surface area (Å²) in [5.41, 5.74) is 5.13. The molecule has 0 unspecified atom stereocenters. The van der Waals surface area contributed by atoms with Crippen molar-refractivity contribution >= 4 is 11.6 Å². The first-order chi connectivity index (χ1) is 24.8. The van der Waals surface area contributed by atoms with Gasteiger partial charge in [-0.3, -0.25) is 4.79 Å². The number of aryl methyl sites for hydroxylation is 2. The number of nitrogens with zero attached hydrogens (tertiary/aromatic N) is 2. The Kier molecular flexibility index (Phi) is 9.36. The lowest BCUT2D eigenvalue weighted by Gasteiger charge is -2.38. The Balaban J connectivity index is 1.12. The molecule has 6 aromatic carbocycles. The van der Waals surface area contributed by atoms with Crippen molar-refractivity contribution in [3.8, 4) is 11.1 Å². The zero-order valence-electron chi connectivity index (χ0n) is 27.6. The second-order valence-corrected chi connectivity index (χ2v) is 12.3. The van der Waals surface area contributed by atoms with Gasteiger partial charge in [-0.2, -0.15) is 13.2 Å². The zero-order valence-corrected chi connectivity index (χ0v) is 27.6. The van der Waals surface area contributed by atoms with Gasteiger partial charge in [0, 0.05) is 30.1 Å². The van der Waals surface area contributed by atoms with Crippen LogP contribution in [0.1, 0.15) is 44.0 Å². The lowest BCUT2D eigenvalue weighted by atomic mass is 9.76. The monoisotopic (exact) mass is 677 g/mol. The smallest absolute Gasteiger partial charge is 0.322 e. The molecule has 0 saturated heterocycles. The van der Waals surface area contributed by atoms with E-state index in [1.165, 1.54) is 12.1 Å². The van der Waals surface area contributed by atoms with E-state index in [1.54, 1.807) is 24.3 Å². The van der Waals surface area contributed by atoms with Crippen LogP contribution in [-0.4, -0.2) is 15.5 Å². The van der Waals surface area contributed by atoms with Crippen LogP contribution in [0.4, 0.5) is 18.9 Å². The van der Waals surface area contributed by atoms with E-state index < -0.39 is 17.3 Å². The highest BCUT2D eigenvalue weighted by Gasteiger charge is 2.39. The van der Waals surface area contributed by atoms with Gasteiger partial charge in [-0.1, -0.05) is 133 Å². The number of carbonyl (C=O) groups is 1. The SMILES string of the molecule is O=C(Nc1ccc(CCc2nccn2C(c2ccccc2)(c2ccccc2)c2ccccc2)cc1)c1ccccc1-c1ccc(C(F)(F)F)cc1. The van der Waals surface area contributed by atoms with Crippen molar-refractivity contribution in [2.75, 3.05) is 5.32 Å². The first kappa shape index (κ1) is 33.3. The Bertz CT molecular complexity index is 2120. The molecular formula is C44H34F3N3O. The summed E-state index contributed by atoms with van der Waals surface area (Å²) in [6.07, 6.45) is 0.882. The van der Waals surface area contributed by atoms with Gasteiger partial charge in [0.15, 0.2) is 0 Å². The number of imidazole rings is 1. The zero-order chi connectivity index (χ0) is 35.3. The van der Waals surface area contributed by atoms with Crippen molar-refractivity contribution in [1.82, 2.24) is 9.55 Å². The number of amides is 1. The second kappa shape index (κ2) is 14.3. The predicted molar refractivity (Wildman–Crippen MR) is 196 cm³/mol. The van der Waals surface area contributed by atoms with Gasteiger partial charge >= 0.3 is 6.18 Å². The number of halogens is 3. The molecule has 0 aliphatic carbocycles. The van der Waals surface area contributed by atoms with Crippen molar-refractivity contribution in [3.63, 3.8) is 0 Å². The minimum Gasteiger partial charge on any atom is -0.322 e. The van der Waals surface area contributed by atoms with Crippen molar-refractivity contribution in [3.05, 3.63) is 215 Å². The molecule has 0 fully saturated rings. The lowest BCUT2D eigenvalue weighted by Crippen LogP contribution is -2.38. The summed E-state index contributed by atoms with van der Waals surface area (Å²) in [7, 11) is 0. The number of alkyl halides is 3. The highest BCUT2D eigenvalue weighted by Crippen LogP contribution is 2.41. The van der Waals surface area contributed by atoms with E-state index in [1.807, 2.05) is 48.7 Å². The number of anilines is 1. The molecule has 7 heteroatoms. The molecule has 1 amide bonds. The molecule has 7 aromatic rings. The fourth-order valence-electron chi connectivity index (χ4n) is 6.76. The Hall–Kier alpha value is -6.21. The maximum atomic E-state index is 13.4. The number of aromatic nitrogens is 2. The fourth-order valence-corrected chi connectivity index (χ4v) is 6.76. The highest BCUT2D eigenvalue weighted by atomic mass is 19.4. The Morgan fingerprint density at radius 2 is 1.12 bits per heavy atom. The third kappa shape index (κ3) is 6.83. The van der Waals surface area contributed by atoms with E-state index in [-0.39, 0.29) is 5.91 Å². The Morgan fingerprint density at radius 1 is 0.588 bits per heavy atom. The van der Waals surface area contributed by atoms with E-state index >= 15 is 0 Å². The minimum absolute atomic E-state index is 0.348. The first-order valence-electron chi connectivity index (χ1n) is 16.7. The number of nitrogens with one attached hydrogen (secondary N) is 1. The summed E-state index contributed by atoms with van der Waals surface area (Å²) in [6, 6.07) is 50.9. The number of carbonyl (C=O) groups excluding carboxylic acids is 1. The van der Waals surface area contributed by atoms with Crippen LogP contribution < -0.4 is 5.32 Å². The van der Waals surface area contributed by atoms with Gasteiger partial charge in [0.25, 0.3) is 5.91 Å². The van der Waals surface area contributed by atoms with E-state index in [0.717, 1.165) is 46.6 Å². The van der Waals surface area contributed by atoms with Crippen LogP contribution in [0.2, 0.25) is 0 Å². The molecule has 7 rings (SSSR count). The topological polar surface area (TPSA) is 46.9 Å². The van der Waals surface area contributed by atoms with Gasteiger partial charge in [-0.15, -0.1) is 0 Å². The third-order valence-corrected chi connectivity index (χ3v) is 9.20. The van der Waals surface area contributed by atoms with Crippen LogP contribution in [0.3, 0.4) is 0 Å². The molecule has 0 bridgehead atoms. The molecule has 252 valence electrons. The van der Waals surface area contributed by atoms with Gasteiger partial charge in [-0.25, -0.2) is 4.98 Å². The molecule has 0 aliphatic heterocycles. The predicted octanol–water partition coefficient (Wildman–Crippen LogP) is 10.4. The summed E-state index contributed by atoms with van der Waals surface area (Å²) in [5.74, 6) is 0.586. The van der Waals surface area contributed by atoms with Crippen LogP contribution in [0, 0.1) is 0 Å². The highest BCUT2D eigenvalue weighted by molar-refractivity contribution is 6.08. The molecule has 0 radical (unpaired) electrons. The van der Waals surface area contributed by atoms with Crippen molar-refractivity contribution in [2.45, 2.75) is 24.6 Å². The number of rotatable bonds is 10. The standard InChI is InChI=1S/C44H34F3N3O/c45-44(46,47)37-25-23-33(24-26-37)39-18-10-11-19-40(39)42(51)49-38-27-20-32(21-28-38)22-29-41-48-30-31-50(41)43(34-12-4-1-5-13-34,35-14-6-2-7-15-35)36-16-8-3-9-17-36/h1-21,23-28,30-31H,22,29H2,(H,49,51). The molecule has 0 saturated carbocycles. The van der Waals surface area contributed by atoms with Crippen LogP contribution in [0.15, 0.2) is 176 Å². The van der Waals surface area contributed by atoms with Crippen molar-refractivity contribution in [2.24, 2.45) is 0 Å². The van der Waals surface area contributed by atoms with Gasteiger partial charge < -0.3 is 9.88 Å². The number of hydrogen-bond donors (Lipinski definition) is 1. The summed E-state index contributed by atoms with van der Waals surface area (Å²) in [6.45, 7) is 0. The molecule has 1 aromatic heterocycles. The van der Waals surface area contributed by atoms with Crippen LogP contribution in [-0.2, 0) is 24.6 Å². The molecule has 1 N–H and O–H groups in total. The molecule has 4 nitrogen and oxygen atoms in total. The normalized spacial score (nSPS) is 11.7. The average Bonchev–Trinajstić information content (AvgIpc) is 3.65. The first-order valence-corrected chi connectivity index (χ1v) is 16.7. The molecule has 51 heavy (non-hydrogen) atoms. The van der Waals surface area contributed by atoms with E-state index in [2.05, 4.69) is 88.9 Å². The molecule has 0 aliphatic rings. The van der Waals surface area contributed by atoms with Crippen LogP contribution >= 0.6 is 0 Å². The maximum Gasteiger partial charge on any atom is 0.416 e. The number of hydrogen-bond acceptors (Lipinski definition) is 2. The molecule has 0 atom stereocenters. The number of benzene rings is 6. The van der Waals surface area contributed by atoms with Crippen molar-refractivity contribution in [1.29, 1.82) is 0 Å². The lowest BCUT2D eigenvalue weighted by molar-refractivity contribution is -0.137. The van der Waals surface area contributed by atoms with Crippen LogP contribution in [0.5, 0.6) is 0 Å². The Labute approximate surface area is 294 Å². The second-order valence-electron chi connectivity index (χ2n) is 12.3. The maximum absolute atomic E-state index is 13.4. The van der Waals surface area contributed by atoms with Gasteiger partial charge in [0.05, 0.1) is 5.56 Å². The fraction of sp³-hybridized carbons (Fsp3) is 0.0909. The average molecular weight is 678 g/mol. The van der Waals surface area contributed by atoms with Crippen molar-refractivity contribution < 1.29 is 18.0 Å². The van der Waals surface area contributed by atoms with E-state index in [9.17, 15) is 18.0 Å². The minimum atomic E-state index is -4.43. The molecule has 0 spiro atoms. The quantitative estimate of drug-likeness (QED) is 0.147. The Morgan fingerprint density at radius 3 is 1.67 bits per heavy atom. The van der Waals surface area contributed by atoms with Gasteiger partial charge in [0.1, 0.15) is 11.4 Å². The summed E-state index contributed by atoms with van der Waals surface area (Å²) in [5, 5.41) is 2.95.